The van der Waals surface area contributed by atoms with Crippen molar-refractivity contribution in [1.82, 2.24) is 0 Å². The second-order valence-electron chi connectivity index (χ2n) is 4.68. The number of aromatic carboxylic acids is 1. The van der Waals surface area contributed by atoms with E-state index in [4.69, 9.17) is 5.11 Å². The highest BCUT2D eigenvalue weighted by Gasteiger charge is 2.29. The molecule has 1 aromatic carbocycles. The summed E-state index contributed by atoms with van der Waals surface area (Å²) in [5, 5.41) is 23.0. The van der Waals surface area contributed by atoms with Gasteiger partial charge in [0.05, 0.1) is 4.92 Å². The van der Waals surface area contributed by atoms with Crippen LogP contribution in [-0.4, -0.2) is 22.0 Å². The maximum absolute atomic E-state index is 11.0. The van der Waals surface area contributed by atoms with Gasteiger partial charge < -0.3 is 10.4 Å². The number of para-hydroxylation sites is 1. The van der Waals surface area contributed by atoms with Gasteiger partial charge in [-0.2, -0.15) is 0 Å². The van der Waals surface area contributed by atoms with Crippen molar-refractivity contribution in [3.05, 3.63) is 33.9 Å². The first kappa shape index (κ1) is 12.3. The van der Waals surface area contributed by atoms with Crippen LogP contribution in [-0.2, 0) is 0 Å². The molecule has 0 aliphatic heterocycles. The van der Waals surface area contributed by atoms with Crippen molar-refractivity contribution in [2.24, 2.45) is 5.92 Å². The number of nitrogens with one attached hydrogen (secondary N) is 1. The summed E-state index contributed by atoms with van der Waals surface area (Å²) >= 11 is 0. The fraction of sp³-hybridized carbons (Fsp3) is 0.417. The Labute approximate surface area is 104 Å². The van der Waals surface area contributed by atoms with Gasteiger partial charge in [-0.15, -0.1) is 0 Å². The number of hydrogen-bond acceptors (Lipinski definition) is 4. The molecule has 1 aliphatic rings. The number of carbonyl (C=O) groups is 1. The van der Waals surface area contributed by atoms with Crippen LogP contribution in [0.5, 0.6) is 0 Å². The zero-order chi connectivity index (χ0) is 13.3. The van der Waals surface area contributed by atoms with Crippen LogP contribution in [0.3, 0.4) is 0 Å². The third-order valence-corrected chi connectivity index (χ3v) is 3.18. The SMILES string of the molecule is CC1CC(Nc2cccc(C(=O)O)c2[N+](=O)[O-])C1. The van der Waals surface area contributed by atoms with Gasteiger partial charge >= 0.3 is 11.7 Å². The summed E-state index contributed by atoms with van der Waals surface area (Å²) in [7, 11) is 0. The lowest BCUT2D eigenvalue weighted by Crippen LogP contribution is -2.34. The molecule has 0 aromatic heterocycles. The van der Waals surface area contributed by atoms with E-state index in [9.17, 15) is 14.9 Å². The van der Waals surface area contributed by atoms with Crippen molar-refractivity contribution in [3.8, 4) is 0 Å². The summed E-state index contributed by atoms with van der Waals surface area (Å²) in [5.41, 5.74) is -0.348. The number of nitro groups is 1. The minimum atomic E-state index is -1.28. The Hall–Kier alpha value is -2.11. The van der Waals surface area contributed by atoms with Gasteiger partial charge in [0, 0.05) is 6.04 Å². The maximum Gasteiger partial charge on any atom is 0.342 e. The van der Waals surface area contributed by atoms with E-state index < -0.39 is 10.9 Å². The highest BCUT2D eigenvalue weighted by Crippen LogP contribution is 2.34. The van der Waals surface area contributed by atoms with E-state index in [1.807, 2.05) is 0 Å². The van der Waals surface area contributed by atoms with Gasteiger partial charge in [-0.05, 0) is 30.9 Å². The van der Waals surface area contributed by atoms with Crippen molar-refractivity contribution in [3.63, 3.8) is 0 Å². The molecular weight excluding hydrogens is 236 g/mol. The fourth-order valence-electron chi connectivity index (χ4n) is 2.27. The van der Waals surface area contributed by atoms with Crippen LogP contribution < -0.4 is 5.32 Å². The molecule has 1 aliphatic carbocycles. The van der Waals surface area contributed by atoms with Crippen LogP contribution in [0.1, 0.15) is 30.1 Å². The van der Waals surface area contributed by atoms with Gasteiger partial charge in [0.1, 0.15) is 11.3 Å². The number of nitro benzene ring substituents is 1. The summed E-state index contributed by atoms with van der Waals surface area (Å²) in [4.78, 5) is 21.3. The van der Waals surface area contributed by atoms with Gasteiger partial charge in [-0.1, -0.05) is 13.0 Å². The second-order valence-corrected chi connectivity index (χ2v) is 4.68. The van der Waals surface area contributed by atoms with E-state index in [-0.39, 0.29) is 23.0 Å². The first-order valence-electron chi connectivity index (χ1n) is 5.76. The Morgan fingerprint density at radius 1 is 1.50 bits per heavy atom. The van der Waals surface area contributed by atoms with Crippen molar-refractivity contribution < 1.29 is 14.8 Å². The minimum absolute atomic E-state index is 0.197. The summed E-state index contributed by atoms with van der Waals surface area (Å²) in [6, 6.07) is 4.51. The molecule has 6 heteroatoms. The minimum Gasteiger partial charge on any atom is -0.477 e. The predicted molar refractivity (Wildman–Crippen MR) is 65.9 cm³/mol. The number of nitrogens with zero attached hydrogens (tertiary/aromatic N) is 1. The van der Waals surface area contributed by atoms with Gasteiger partial charge in [-0.25, -0.2) is 4.79 Å². The molecule has 0 atom stereocenters. The molecule has 0 unspecified atom stereocenters. The van der Waals surface area contributed by atoms with Crippen LogP contribution in [0.2, 0.25) is 0 Å². The summed E-state index contributed by atoms with van der Waals surface area (Å²) in [6.07, 6.45) is 1.91. The number of anilines is 1. The number of hydrogen-bond donors (Lipinski definition) is 2. The molecule has 96 valence electrons. The van der Waals surface area contributed by atoms with E-state index in [0.717, 1.165) is 12.8 Å². The Morgan fingerprint density at radius 2 is 2.17 bits per heavy atom. The lowest BCUT2D eigenvalue weighted by molar-refractivity contribution is -0.384. The van der Waals surface area contributed by atoms with Crippen LogP contribution >= 0.6 is 0 Å². The molecule has 2 rings (SSSR count). The Bertz CT molecular complexity index is 495. The molecule has 0 spiro atoms. The van der Waals surface area contributed by atoms with Crippen LogP contribution in [0.4, 0.5) is 11.4 Å². The standard InChI is InChI=1S/C12H14N2O4/c1-7-5-8(6-7)13-10-4-2-3-9(12(15)16)11(10)14(17)18/h2-4,7-8,13H,5-6H2,1H3,(H,15,16). The van der Waals surface area contributed by atoms with E-state index in [1.54, 1.807) is 6.07 Å². The topological polar surface area (TPSA) is 92.5 Å². The molecule has 6 nitrogen and oxygen atoms in total. The van der Waals surface area contributed by atoms with Gasteiger partial charge in [0.25, 0.3) is 0 Å². The molecule has 2 N–H and O–H groups in total. The maximum atomic E-state index is 11.0. The fourth-order valence-corrected chi connectivity index (χ4v) is 2.27. The average molecular weight is 250 g/mol. The third-order valence-electron chi connectivity index (χ3n) is 3.18. The third kappa shape index (κ3) is 2.27. The Morgan fingerprint density at radius 3 is 2.67 bits per heavy atom. The first-order valence-corrected chi connectivity index (χ1v) is 5.76. The van der Waals surface area contributed by atoms with Crippen molar-refractivity contribution in [2.75, 3.05) is 5.32 Å². The van der Waals surface area contributed by atoms with Gasteiger partial charge in [-0.3, -0.25) is 10.1 Å². The van der Waals surface area contributed by atoms with E-state index in [1.165, 1.54) is 12.1 Å². The quantitative estimate of drug-likeness (QED) is 0.632. The zero-order valence-corrected chi connectivity index (χ0v) is 9.92. The second kappa shape index (κ2) is 4.64. The lowest BCUT2D eigenvalue weighted by atomic mass is 9.82. The van der Waals surface area contributed by atoms with E-state index in [0.29, 0.717) is 5.92 Å². The summed E-state index contributed by atoms with van der Waals surface area (Å²) in [5.74, 6) is -0.670. The molecule has 0 saturated heterocycles. The van der Waals surface area contributed by atoms with Crippen molar-refractivity contribution in [1.29, 1.82) is 0 Å². The molecule has 0 radical (unpaired) electrons. The van der Waals surface area contributed by atoms with Crippen LogP contribution in [0, 0.1) is 16.0 Å². The van der Waals surface area contributed by atoms with E-state index in [2.05, 4.69) is 12.2 Å². The molecule has 0 amide bonds. The lowest BCUT2D eigenvalue weighted by Gasteiger charge is -2.33. The van der Waals surface area contributed by atoms with Crippen LogP contribution in [0.25, 0.3) is 0 Å². The highest BCUT2D eigenvalue weighted by atomic mass is 16.6. The molecule has 1 fully saturated rings. The molecule has 1 saturated carbocycles. The zero-order valence-electron chi connectivity index (χ0n) is 9.92. The van der Waals surface area contributed by atoms with Gasteiger partial charge in [0.2, 0.25) is 0 Å². The molecule has 0 heterocycles. The van der Waals surface area contributed by atoms with E-state index >= 15 is 0 Å². The molecule has 18 heavy (non-hydrogen) atoms. The smallest absolute Gasteiger partial charge is 0.342 e. The first-order chi connectivity index (χ1) is 8.49. The largest absolute Gasteiger partial charge is 0.477 e. The monoisotopic (exact) mass is 250 g/mol. The van der Waals surface area contributed by atoms with Crippen molar-refractivity contribution >= 4 is 17.3 Å². The van der Waals surface area contributed by atoms with Gasteiger partial charge in [0.15, 0.2) is 0 Å². The predicted octanol–water partition coefficient (Wildman–Crippen LogP) is 2.50. The Balaban J connectivity index is 2.31. The number of rotatable bonds is 4. The number of carboxylic acids is 1. The number of carboxylic acid groups (broad SMARTS) is 1. The number of benzene rings is 1. The molecular formula is C12H14N2O4. The van der Waals surface area contributed by atoms with Crippen molar-refractivity contribution in [2.45, 2.75) is 25.8 Å². The average Bonchev–Trinajstić information content (AvgIpc) is 2.26. The Kier molecular flexibility index (Phi) is 3.18. The highest BCUT2D eigenvalue weighted by molar-refractivity contribution is 5.95. The summed E-state index contributed by atoms with van der Waals surface area (Å²) in [6.45, 7) is 2.11. The molecule has 1 aromatic rings. The molecule has 0 bridgehead atoms. The summed E-state index contributed by atoms with van der Waals surface area (Å²) < 4.78 is 0. The van der Waals surface area contributed by atoms with Crippen LogP contribution in [0.15, 0.2) is 18.2 Å². The normalized spacial score (nSPS) is 22.1.